The highest BCUT2D eigenvalue weighted by Gasteiger charge is 2.57. The van der Waals surface area contributed by atoms with Gasteiger partial charge in [-0.1, -0.05) is 34.5 Å². The van der Waals surface area contributed by atoms with E-state index in [0.29, 0.717) is 12.8 Å². The van der Waals surface area contributed by atoms with Gasteiger partial charge in [0.05, 0.1) is 6.54 Å². The van der Waals surface area contributed by atoms with E-state index in [0.717, 1.165) is 21.4 Å². The third-order valence-electron chi connectivity index (χ3n) is 4.02. The molecule has 0 unspecified atom stereocenters. The molecule has 1 aromatic carbocycles. The Kier molecular flexibility index (Phi) is 3.12. The van der Waals surface area contributed by atoms with Crippen molar-refractivity contribution in [3.63, 3.8) is 0 Å². The topological polar surface area (TPSA) is 66.5 Å². The predicted octanol–water partition coefficient (Wildman–Crippen LogP) is 2.20. The molecule has 1 saturated carbocycles. The molecular weight excluding hydrogens is 324 g/mol. The number of hydrogen-bond acceptors (Lipinski definition) is 3. The number of rotatable bonds is 2. The van der Waals surface area contributed by atoms with Gasteiger partial charge in [-0.05, 0) is 30.5 Å². The van der Waals surface area contributed by atoms with Crippen LogP contribution in [0.3, 0.4) is 0 Å². The van der Waals surface area contributed by atoms with E-state index in [2.05, 4.69) is 21.2 Å². The summed E-state index contributed by atoms with van der Waals surface area (Å²) in [5.74, 6) is -0.800. The number of benzene rings is 1. The standard InChI is InChI=1S/C14H13BrN2O3/c15-10-4-2-9(3-5-10)8-17-12(19)14(6-1-7-14)11(18)16-13(17)20/h2-5H,1,6-8H2,(H,16,18,20). The lowest BCUT2D eigenvalue weighted by atomic mass is 9.66. The number of amides is 4. The van der Waals surface area contributed by atoms with Crippen LogP contribution in [0.15, 0.2) is 28.7 Å². The maximum atomic E-state index is 12.5. The molecule has 0 radical (unpaired) electrons. The molecule has 3 rings (SSSR count). The summed E-state index contributed by atoms with van der Waals surface area (Å²) in [6.45, 7) is 0.187. The molecule has 0 aromatic heterocycles. The van der Waals surface area contributed by atoms with Crippen LogP contribution in [0.1, 0.15) is 24.8 Å². The molecule has 20 heavy (non-hydrogen) atoms. The highest BCUT2D eigenvalue weighted by Crippen LogP contribution is 2.44. The second-order valence-corrected chi connectivity index (χ2v) is 6.13. The third kappa shape index (κ3) is 1.95. The van der Waals surface area contributed by atoms with E-state index in [1.807, 2.05) is 24.3 Å². The molecule has 0 bridgehead atoms. The Morgan fingerprint density at radius 3 is 2.35 bits per heavy atom. The summed E-state index contributed by atoms with van der Waals surface area (Å²) in [7, 11) is 0. The number of nitrogens with zero attached hydrogens (tertiary/aromatic N) is 1. The molecule has 1 aliphatic heterocycles. The first-order chi connectivity index (χ1) is 9.53. The second kappa shape index (κ2) is 4.70. The summed E-state index contributed by atoms with van der Waals surface area (Å²) in [4.78, 5) is 37.4. The summed E-state index contributed by atoms with van der Waals surface area (Å²) >= 11 is 3.34. The lowest BCUT2D eigenvalue weighted by Crippen LogP contribution is -2.65. The van der Waals surface area contributed by atoms with Crippen LogP contribution in [-0.2, 0) is 16.1 Å². The molecule has 2 aliphatic rings. The minimum absolute atomic E-state index is 0.187. The number of carbonyl (C=O) groups is 3. The van der Waals surface area contributed by atoms with E-state index < -0.39 is 17.4 Å². The molecule has 104 valence electrons. The Labute approximate surface area is 124 Å². The molecule has 5 nitrogen and oxygen atoms in total. The van der Waals surface area contributed by atoms with Crippen molar-refractivity contribution in [2.75, 3.05) is 0 Å². The maximum Gasteiger partial charge on any atom is 0.331 e. The van der Waals surface area contributed by atoms with E-state index in [1.54, 1.807) is 0 Å². The molecule has 1 saturated heterocycles. The Balaban J connectivity index is 1.84. The van der Waals surface area contributed by atoms with Crippen LogP contribution in [0.4, 0.5) is 4.79 Å². The molecular formula is C14H13BrN2O3. The van der Waals surface area contributed by atoms with Gasteiger partial charge in [0.15, 0.2) is 0 Å². The van der Waals surface area contributed by atoms with Crippen molar-refractivity contribution in [2.24, 2.45) is 5.41 Å². The summed E-state index contributed by atoms with van der Waals surface area (Å²) in [5.41, 5.74) is -0.149. The molecule has 1 N–H and O–H groups in total. The third-order valence-corrected chi connectivity index (χ3v) is 4.54. The van der Waals surface area contributed by atoms with Crippen LogP contribution in [0.5, 0.6) is 0 Å². The van der Waals surface area contributed by atoms with Crippen molar-refractivity contribution in [3.8, 4) is 0 Å². The van der Waals surface area contributed by atoms with Crippen LogP contribution in [0.2, 0.25) is 0 Å². The molecule has 6 heteroatoms. The molecule has 4 amide bonds. The summed E-state index contributed by atoms with van der Waals surface area (Å²) in [6.07, 6.45) is 1.91. The minimum Gasteiger partial charge on any atom is -0.277 e. The second-order valence-electron chi connectivity index (χ2n) is 5.21. The van der Waals surface area contributed by atoms with Crippen LogP contribution < -0.4 is 5.32 Å². The van der Waals surface area contributed by atoms with E-state index in [9.17, 15) is 14.4 Å². The van der Waals surface area contributed by atoms with Gasteiger partial charge in [0.1, 0.15) is 5.41 Å². The van der Waals surface area contributed by atoms with Gasteiger partial charge >= 0.3 is 6.03 Å². The lowest BCUT2D eigenvalue weighted by molar-refractivity contribution is -0.158. The Morgan fingerprint density at radius 2 is 1.80 bits per heavy atom. The quantitative estimate of drug-likeness (QED) is 0.842. The molecule has 1 heterocycles. The van der Waals surface area contributed by atoms with Crippen LogP contribution in [0.25, 0.3) is 0 Å². The normalized spacial score (nSPS) is 20.9. The van der Waals surface area contributed by atoms with E-state index in [1.165, 1.54) is 0 Å². The Hall–Kier alpha value is -1.69. The Bertz CT molecular complexity index is 593. The van der Waals surface area contributed by atoms with Crippen LogP contribution in [-0.4, -0.2) is 22.7 Å². The Morgan fingerprint density at radius 1 is 1.15 bits per heavy atom. The number of hydrogen-bond donors (Lipinski definition) is 1. The number of imide groups is 2. The van der Waals surface area contributed by atoms with Gasteiger partial charge < -0.3 is 0 Å². The maximum absolute atomic E-state index is 12.5. The number of carbonyl (C=O) groups excluding carboxylic acids is 3. The monoisotopic (exact) mass is 336 g/mol. The van der Waals surface area contributed by atoms with Crippen molar-refractivity contribution >= 4 is 33.8 Å². The van der Waals surface area contributed by atoms with Gasteiger partial charge in [0.2, 0.25) is 11.8 Å². The number of halogens is 1. The molecule has 1 aromatic rings. The zero-order chi connectivity index (χ0) is 14.3. The first-order valence-corrected chi connectivity index (χ1v) is 7.24. The largest absolute Gasteiger partial charge is 0.331 e. The average molecular weight is 337 g/mol. The van der Waals surface area contributed by atoms with Crippen molar-refractivity contribution in [2.45, 2.75) is 25.8 Å². The minimum atomic E-state index is -0.997. The number of urea groups is 1. The highest BCUT2D eigenvalue weighted by molar-refractivity contribution is 9.10. The van der Waals surface area contributed by atoms with Crippen molar-refractivity contribution in [1.82, 2.24) is 10.2 Å². The molecule has 1 aliphatic carbocycles. The molecule has 0 atom stereocenters. The van der Waals surface area contributed by atoms with Gasteiger partial charge in [-0.25, -0.2) is 4.79 Å². The fraction of sp³-hybridized carbons (Fsp3) is 0.357. The first kappa shape index (κ1) is 13.3. The van der Waals surface area contributed by atoms with Gasteiger partial charge in [-0.3, -0.25) is 19.8 Å². The number of nitrogens with one attached hydrogen (secondary N) is 1. The van der Waals surface area contributed by atoms with Crippen molar-refractivity contribution < 1.29 is 14.4 Å². The van der Waals surface area contributed by atoms with Gasteiger partial charge in [0, 0.05) is 4.47 Å². The SMILES string of the molecule is O=C1NC(=O)C2(CCC2)C(=O)N1Cc1ccc(Br)cc1. The summed E-state index contributed by atoms with van der Waals surface area (Å²) in [5, 5.41) is 2.30. The van der Waals surface area contributed by atoms with Gasteiger partial charge in [-0.15, -0.1) is 0 Å². The molecule has 2 fully saturated rings. The van der Waals surface area contributed by atoms with Gasteiger partial charge in [-0.2, -0.15) is 0 Å². The number of barbiturate groups is 1. The first-order valence-electron chi connectivity index (χ1n) is 6.45. The molecule has 1 spiro atoms. The van der Waals surface area contributed by atoms with Crippen LogP contribution >= 0.6 is 15.9 Å². The van der Waals surface area contributed by atoms with Crippen molar-refractivity contribution in [3.05, 3.63) is 34.3 Å². The zero-order valence-electron chi connectivity index (χ0n) is 10.7. The summed E-state index contributed by atoms with van der Waals surface area (Å²) in [6, 6.07) is 6.77. The fourth-order valence-corrected chi connectivity index (χ4v) is 2.88. The summed E-state index contributed by atoms with van der Waals surface area (Å²) < 4.78 is 0.932. The fourth-order valence-electron chi connectivity index (χ4n) is 2.62. The van der Waals surface area contributed by atoms with E-state index in [4.69, 9.17) is 0 Å². The smallest absolute Gasteiger partial charge is 0.277 e. The van der Waals surface area contributed by atoms with E-state index >= 15 is 0 Å². The average Bonchev–Trinajstić information content (AvgIpc) is 2.35. The van der Waals surface area contributed by atoms with E-state index in [-0.39, 0.29) is 12.5 Å². The van der Waals surface area contributed by atoms with Crippen LogP contribution in [0, 0.1) is 5.41 Å². The van der Waals surface area contributed by atoms with Crippen molar-refractivity contribution in [1.29, 1.82) is 0 Å². The van der Waals surface area contributed by atoms with Gasteiger partial charge in [0.25, 0.3) is 0 Å². The highest BCUT2D eigenvalue weighted by atomic mass is 79.9. The lowest BCUT2D eigenvalue weighted by Gasteiger charge is -2.44. The zero-order valence-corrected chi connectivity index (χ0v) is 12.3. The predicted molar refractivity (Wildman–Crippen MR) is 74.5 cm³/mol.